The second-order valence-electron chi connectivity index (χ2n) is 5.73. The van der Waals surface area contributed by atoms with Gasteiger partial charge in [-0.25, -0.2) is 8.78 Å². The number of nitrogens with one attached hydrogen (secondary N) is 2. The van der Waals surface area contributed by atoms with E-state index in [1.165, 1.54) is 18.2 Å². The molecule has 1 aliphatic heterocycles. The first-order valence-electron chi connectivity index (χ1n) is 7.54. The second-order valence-corrected chi connectivity index (χ2v) is 5.73. The molecule has 3 aromatic rings. The number of hydrogen-bond donors (Lipinski definition) is 2. The molecule has 1 aliphatic rings. The van der Waals surface area contributed by atoms with Crippen molar-refractivity contribution in [3.8, 4) is 5.75 Å². The molecule has 4 rings (SSSR count). The highest BCUT2D eigenvalue weighted by atomic mass is 19.1. The van der Waals surface area contributed by atoms with Gasteiger partial charge in [-0.1, -0.05) is 0 Å². The van der Waals surface area contributed by atoms with Crippen LogP contribution in [0, 0.1) is 11.6 Å². The van der Waals surface area contributed by atoms with Crippen molar-refractivity contribution in [2.45, 2.75) is 12.5 Å². The minimum Gasteiger partial charge on any atom is -0.496 e. The molecule has 0 fully saturated rings. The maximum Gasteiger partial charge on any atom is 0.124 e. The molecule has 118 valence electrons. The first kappa shape index (κ1) is 14.2. The van der Waals surface area contributed by atoms with Gasteiger partial charge < -0.3 is 15.0 Å². The molecule has 2 aromatic carbocycles. The number of ether oxygens (including phenoxy) is 1. The fourth-order valence-corrected chi connectivity index (χ4v) is 3.40. The molecule has 0 bridgehead atoms. The van der Waals surface area contributed by atoms with Crippen LogP contribution < -0.4 is 10.1 Å². The van der Waals surface area contributed by atoms with Crippen LogP contribution in [-0.4, -0.2) is 18.6 Å². The predicted molar refractivity (Wildman–Crippen MR) is 84.8 cm³/mol. The number of benzene rings is 2. The summed E-state index contributed by atoms with van der Waals surface area (Å²) in [5.41, 5.74) is 3.65. The number of fused-ring (bicyclic) bond motifs is 3. The molecule has 2 heterocycles. The fourth-order valence-electron chi connectivity index (χ4n) is 3.40. The summed E-state index contributed by atoms with van der Waals surface area (Å²) < 4.78 is 32.7. The zero-order valence-electron chi connectivity index (χ0n) is 12.6. The van der Waals surface area contributed by atoms with E-state index < -0.39 is 0 Å². The molecule has 3 nitrogen and oxygen atoms in total. The molecule has 0 saturated carbocycles. The lowest BCUT2D eigenvalue weighted by Crippen LogP contribution is -2.30. The van der Waals surface area contributed by atoms with Crippen molar-refractivity contribution in [3.63, 3.8) is 0 Å². The number of halogens is 2. The predicted octanol–water partition coefficient (Wildman–Crippen LogP) is 3.69. The highest BCUT2D eigenvalue weighted by Crippen LogP contribution is 2.37. The molecule has 1 unspecified atom stereocenters. The summed E-state index contributed by atoms with van der Waals surface area (Å²) in [4.78, 5) is 3.36. The van der Waals surface area contributed by atoms with E-state index in [2.05, 4.69) is 10.3 Å². The smallest absolute Gasteiger partial charge is 0.124 e. The Morgan fingerprint density at radius 2 is 1.87 bits per heavy atom. The maximum atomic E-state index is 13.7. The van der Waals surface area contributed by atoms with Crippen LogP contribution in [0.5, 0.6) is 5.75 Å². The van der Waals surface area contributed by atoms with Gasteiger partial charge in [-0.3, -0.25) is 0 Å². The second kappa shape index (κ2) is 5.35. The van der Waals surface area contributed by atoms with Crippen molar-refractivity contribution in [1.29, 1.82) is 0 Å². The summed E-state index contributed by atoms with van der Waals surface area (Å²) >= 11 is 0. The molecule has 5 heteroatoms. The highest BCUT2D eigenvalue weighted by molar-refractivity contribution is 5.85. The summed E-state index contributed by atoms with van der Waals surface area (Å²) in [5, 5.41) is 4.29. The van der Waals surface area contributed by atoms with Crippen LogP contribution in [-0.2, 0) is 6.42 Å². The van der Waals surface area contributed by atoms with E-state index in [0.717, 1.165) is 40.7 Å². The van der Waals surface area contributed by atoms with E-state index >= 15 is 0 Å². The van der Waals surface area contributed by atoms with Crippen LogP contribution in [0.15, 0.2) is 36.4 Å². The quantitative estimate of drug-likeness (QED) is 0.757. The Balaban J connectivity index is 1.91. The van der Waals surface area contributed by atoms with Crippen molar-refractivity contribution >= 4 is 10.9 Å². The van der Waals surface area contributed by atoms with E-state index in [-0.39, 0.29) is 17.7 Å². The summed E-state index contributed by atoms with van der Waals surface area (Å²) in [6, 6.07) is 9.02. The molecule has 0 aliphatic carbocycles. The van der Waals surface area contributed by atoms with E-state index in [4.69, 9.17) is 4.74 Å². The standard InChI is InChI=1S/C18H16F2N2O/c1-23-16-5-3-11(20)9-14(16)17-18-12(6-7-21-17)13-8-10(19)2-4-15(13)22-18/h2-5,8-9,17,21-22H,6-7H2,1H3. The SMILES string of the molecule is COc1ccc(F)cc1C1NCCc2c1[nH]c1ccc(F)cc21. The van der Waals surface area contributed by atoms with Crippen LogP contribution in [0.3, 0.4) is 0 Å². The molecule has 23 heavy (non-hydrogen) atoms. The Labute approximate surface area is 132 Å². The van der Waals surface area contributed by atoms with Crippen molar-refractivity contribution in [1.82, 2.24) is 10.3 Å². The van der Waals surface area contributed by atoms with Gasteiger partial charge in [0.1, 0.15) is 17.4 Å². The van der Waals surface area contributed by atoms with Gasteiger partial charge in [0.05, 0.1) is 13.2 Å². The number of rotatable bonds is 2. The Kier molecular flexibility index (Phi) is 3.31. The molecule has 0 amide bonds. The van der Waals surface area contributed by atoms with Gasteiger partial charge in [-0.15, -0.1) is 0 Å². The third-order valence-electron chi connectivity index (χ3n) is 4.42. The molecule has 1 atom stereocenters. The largest absolute Gasteiger partial charge is 0.496 e. The number of methoxy groups -OCH3 is 1. The summed E-state index contributed by atoms with van der Waals surface area (Å²) in [6.45, 7) is 0.737. The molecule has 0 radical (unpaired) electrons. The maximum absolute atomic E-state index is 13.7. The average Bonchev–Trinajstić information content (AvgIpc) is 2.92. The number of aromatic amines is 1. The Morgan fingerprint density at radius 1 is 1.09 bits per heavy atom. The van der Waals surface area contributed by atoms with Crippen LogP contribution in [0.1, 0.15) is 22.9 Å². The first-order chi connectivity index (χ1) is 11.2. The van der Waals surface area contributed by atoms with Gasteiger partial charge in [0.15, 0.2) is 0 Å². The number of H-pyrrole nitrogens is 1. The highest BCUT2D eigenvalue weighted by Gasteiger charge is 2.27. The van der Waals surface area contributed by atoms with Crippen molar-refractivity contribution in [2.75, 3.05) is 13.7 Å². The average molecular weight is 314 g/mol. The van der Waals surface area contributed by atoms with Gasteiger partial charge in [0.2, 0.25) is 0 Å². The van der Waals surface area contributed by atoms with Gasteiger partial charge in [-0.2, -0.15) is 0 Å². The van der Waals surface area contributed by atoms with Gasteiger partial charge in [-0.05, 0) is 48.4 Å². The Bertz CT molecular complexity index is 888. The molecule has 0 spiro atoms. The van der Waals surface area contributed by atoms with Gasteiger partial charge >= 0.3 is 0 Å². The third kappa shape index (κ3) is 2.28. The molecular weight excluding hydrogens is 298 g/mol. The van der Waals surface area contributed by atoms with Gasteiger partial charge in [0, 0.05) is 28.7 Å². The number of hydrogen-bond acceptors (Lipinski definition) is 2. The van der Waals surface area contributed by atoms with Crippen molar-refractivity contribution in [2.24, 2.45) is 0 Å². The van der Waals surface area contributed by atoms with E-state index in [1.807, 2.05) is 0 Å². The van der Waals surface area contributed by atoms with E-state index in [0.29, 0.717) is 5.75 Å². The summed E-state index contributed by atoms with van der Waals surface area (Å²) in [6.07, 6.45) is 0.799. The number of aromatic nitrogens is 1. The lowest BCUT2D eigenvalue weighted by atomic mass is 9.93. The van der Waals surface area contributed by atoms with E-state index in [1.54, 1.807) is 25.3 Å². The van der Waals surface area contributed by atoms with Crippen molar-refractivity contribution in [3.05, 3.63) is 64.9 Å². The molecule has 2 N–H and O–H groups in total. The normalized spacial score (nSPS) is 17.3. The topological polar surface area (TPSA) is 37.0 Å². The summed E-state index contributed by atoms with van der Waals surface area (Å²) in [7, 11) is 1.57. The Hall–Kier alpha value is -2.40. The monoisotopic (exact) mass is 314 g/mol. The lowest BCUT2D eigenvalue weighted by molar-refractivity contribution is 0.400. The molecule has 0 saturated heterocycles. The molecular formula is C18H16F2N2O. The minimum atomic E-state index is -0.308. The molecule has 1 aromatic heterocycles. The van der Waals surface area contributed by atoms with Gasteiger partial charge in [0.25, 0.3) is 0 Å². The van der Waals surface area contributed by atoms with Crippen LogP contribution in [0.2, 0.25) is 0 Å². The van der Waals surface area contributed by atoms with Crippen LogP contribution >= 0.6 is 0 Å². The summed E-state index contributed by atoms with van der Waals surface area (Å²) in [5.74, 6) is 0.0659. The fraction of sp³-hybridized carbons (Fsp3) is 0.222. The van der Waals surface area contributed by atoms with Crippen LogP contribution in [0.25, 0.3) is 10.9 Å². The first-order valence-corrected chi connectivity index (χ1v) is 7.54. The zero-order valence-corrected chi connectivity index (χ0v) is 12.6. The van der Waals surface area contributed by atoms with Crippen molar-refractivity contribution < 1.29 is 13.5 Å². The third-order valence-corrected chi connectivity index (χ3v) is 4.42. The van der Waals surface area contributed by atoms with Crippen LogP contribution in [0.4, 0.5) is 8.78 Å². The zero-order chi connectivity index (χ0) is 16.0. The lowest BCUT2D eigenvalue weighted by Gasteiger charge is -2.26. The van der Waals surface area contributed by atoms with E-state index in [9.17, 15) is 8.78 Å². The Morgan fingerprint density at radius 3 is 2.70 bits per heavy atom. The minimum absolute atomic E-state index is 0.208.